The van der Waals surface area contributed by atoms with Gasteiger partial charge in [-0.15, -0.1) is 0 Å². The van der Waals surface area contributed by atoms with Crippen molar-refractivity contribution in [1.29, 1.82) is 0 Å². The molecule has 0 spiro atoms. The second kappa shape index (κ2) is 8.50. The minimum Gasteiger partial charge on any atom is -0.462 e. The van der Waals surface area contributed by atoms with Crippen molar-refractivity contribution in [1.82, 2.24) is 0 Å². The summed E-state index contributed by atoms with van der Waals surface area (Å²) in [7, 11) is 0. The van der Waals surface area contributed by atoms with Crippen LogP contribution in [0.1, 0.15) is 79.2 Å². The van der Waals surface area contributed by atoms with E-state index >= 15 is 0 Å². The Morgan fingerprint density at radius 1 is 1.07 bits per heavy atom. The van der Waals surface area contributed by atoms with Crippen LogP contribution in [0.4, 0.5) is 0 Å². The van der Waals surface area contributed by atoms with Gasteiger partial charge in [0.2, 0.25) is 0 Å². The Balaban J connectivity index is 1.98. The number of ketones is 1. The number of esters is 1. The number of carbonyl (C=O) groups is 2. The van der Waals surface area contributed by atoms with Crippen LogP contribution in [0.5, 0.6) is 0 Å². The minimum atomic E-state index is -0.487. The molecule has 0 aromatic heterocycles. The Labute approximate surface area is 187 Å². The standard InChI is InChI=1S/C26H29BrO3/c1-6-30-24(29)18-10-7-17(8-11-18)9-12-19-13-22-21(14-20(19)16-27)25(2,3)15-23(28)26(22,4)5/h7-14H,6,15-16H2,1-5H3/b12-9+. The fourth-order valence-electron chi connectivity index (χ4n) is 4.01. The zero-order valence-electron chi connectivity index (χ0n) is 18.3. The third kappa shape index (κ3) is 4.29. The summed E-state index contributed by atoms with van der Waals surface area (Å²) in [6, 6.07) is 11.8. The van der Waals surface area contributed by atoms with Gasteiger partial charge in [-0.05, 0) is 66.1 Å². The van der Waals surface area contributed by atoms with E-state index in [-0.39, 0.29) is 17.2 Å². The molecule has 0 bridgehead atoms. The summed E-state index contributed by atoms with van der Waals surface area (Å²) in [5.41, 5.74) is 5.57. The van der Waals surface area contributed by atoms with E-state index in [1.165, 1.54) is 11.1 Å². The molecule has 0 amide bonds. The fraction of sp³-hybridized carbons (Fsp3) is 0.385. The van der Waals surface area contributed by atoms with Crippen molar-refractivity contribution in [2.75, 3.05) is 6.61 Å². The molecule has 0 unspecified atom stereocenters. The molecule has 4 heteroatoms. The Hall–Kier alpha value is -2.20. The van der Waals surface area contributed by atoms with Crippen LogP contribution in [0.25, 0.3) is 12.2 Å². The average Bonchev–Trinajstić information content (AvgIpc) is 2.70. The number of rotatable bonds is 5. The lowest BCUT2D eigenvalue weighted by molar-refractivity contribution is -0.125. The first-order valence-electron chi connectivity index (χ1n) is 10.3. The first-order valence-corrected chi connectivity index (χ1v) is 11.4. The summed E-state index contributed by atoms with van der Waals surface area (Å²) in [5, 5.41) is 0.742. The SMILES string of the molecule is CCOC(=O)c1ccc(/C=C/c2cc3c(cc2CBr)C(C)(C)CC(=O)C3(C)C)cc1. The fourth-order valence-corrected chi connectivity index (χ4v) is 4.49. The van der Waals surface area contributed by atoms with E-state index in [0.717, 1.165) is 22.0 Å². The van der Waals surface area contributed by atoms with E-state index in [4.69, 9.17) is 4.74 Å². The van der Waals surface area contributed by atoms with Gasteiger partial charge in [-0.2, -0.15) is 0 Å². The predicted molar refractivity (Wildman–Crippen MR) is 126 cm³/mol. The number of hydrogen-bond acceptors (Lipinski definition) is 3. The monoisotopic (exact) mass is 468 g/mol. The van der Waals surface area contributed by atoms with E-state index in [2.05, 4.69) is 48.0 Å². The van der Waals surface area contributed by atoms with Crippen molar-refractivity contribution in [3.63, 3.8) is 0 Å². The van der Waals surface area contributed by atoms with Crippen LogP contribution >= 0.6 is 15.9 Å². The number of halogens is 1. The topological polar surface area (TPSA) is 43.4 Å². The number of carbonyl (C=O) groups excluding carboxylic acids is 2. The molecule has 0 radical (unpaired) electrons. The summed E-state index contributed by atoms with van der Waals surface area (Å²) in [5.74, 6) is -0.0186. The van der Waals surface area contributed by atoms with Crippen molar-refractivity contribution in [2.45, 2.75) is 57.2 Å². The second-order valence-corrected chi connectivity index (χ2v) is 9.58. The first kappa shape index (κ1) is 22.5. The number of benzene rings is 2. The van der Waals surface area contributed by atoms with Crippen molar-refractivity contribution in [3.8, 4) is 0 Å². The molecule has 3 nitrogen and oxygen atoms in total. The van der Waals surface area contributed by atoms with Crippen LogP contribution in [-0.2, 0) is 25.7 Å². The molecule has 0 heterocycles. The summed E-state index contributed by atoms with van der Waals surface area (Å²) in [6.45, 7) is 10.5. The lowest BCUT2D eigenvalue weighted by atomic mass is 9.62. The highest BCUT2D eigenvalue weighted by Gasteiger charge is 2.43. The molecule has 2 aromatic rings. The number of fused-ring (bicyclic) bond motifs is 1. The molecule has 0 N–H and O–H groups in total. The number of hydrogen-bond donors (Lipinski definition) is 0. The molecule has 158 valence electrons. The van der Waals surface area contributed by atoms with Crippen LogP contribution in [0.15, 0.2) is 36.4 Å². The molecule has 0 saturated heterocycles. The number of ether oxygens (including phenoxy) is 1. The third-order valence-corrected chi connectivity index (χ3v) is 6.61. The Bertz CT molecular complexity index is 998. The van der Waals surface area contributed by atoms with E-state index in [9.17, 15) is 9.59 Å². The van der Waals surface area contributed by atoms with Gasteiger partial charge in [0.1, 0.15) is 5.78 Å². The quantitative estimate of drug-likeness (QED) is 0.287. The highest BCUT2D eigenvalue weighted by atomic mass is 79.9. The second-order valence-electron chi connectivity index (χ2n) is 9.01. The van der Waals surface area contributed by atoms with Crippen molar-refractivity contribution in [3.05, 3.63) is 69.8 Å². The summed E-state index contributed by atoms with van der Waals surface area (Å²) < 4.78 is 5.04. The summed E-state index contributed by atoms with van der Waals surface area (Å²) in [4.78, 5) is 24.6. The van der Waals surface area contributed by atoms with Crippen LogP contribution in [0.3, 0.4) is 0 Å². The zero-order chi connectivity index (χ0) is 22.1. The van der Waals surface area contributed by atoms with Gasteiger partial charge in [0.25, 0.3) is 0 Å². The summed E-state index contributed by atoms with van der Waals surface area (Å²) in [6.07, 6.45) is 4.68. The predicted octanol–water partition coefficient (Wildman–Crippen LogP) is 6.46. The van der Waals surface area contributed by atoms with Crippen LogP contribution in [-0.4, -0.2) is 18.4 Å². The Kier molecular flexibility index (Phi) is 6.37. The van der Waals surface area contributed by atoms with Gasteiger partial charge < -0.3 is 4.74 Å². The highest BCUT2D eigenvalue weighted by molar-refractivity contribution is 9.08. The molecule has 1 aliphatic carbocycles. The van der Waals surface area contributed by atoms with Gasteiger partial charge in [0.05, 0.1) is 12.2 Å². The van der Waals surface area contributed by atoms with E-state index < -0.39 is 5.41 Å². The lowest BCUT2D eigenvalue weighted by Gasteiger charge is -2.41. The number of Topliss-reactive ketones (excluding diaryl/α,β-unsaturated/α-hetero) is 1. The number of alkyl halides is 1. The Morgan fingerprint density at radius 2 is 1.73 bits per heavy atom. The maximum atomic E-state index is 12.8. The van der Waals surface area contributed by atoms with Gasteiger partial charge >= 0.3 is 5.97 Å². The zero-order valence-corrected chi connectivity index (χ0v) is 19.9. The van der Waals surface area contributed by atoms with E-state index in [1.54, 1.807) is 19.1 Å². The maximum Gasteiger partial charge on any atom is 0.338 e. The van der Waals surface area contributed by atoms with Crippen LogP contribution in [0.2, 0.25) is 0 Å². The molecule has 2 aromatic carbocycles. The van der Waals surface area contributed by atoms with E-state index in [0.29, 0.717) is 18.6 Å². The molecule has 3 rings (SSSR count). The molecular weight excluding hydrogens is 440 g/mol. The van der Waals surface area contributed by atoms with Gasteiger partial charge in [0, 0.05) is 17.2 Å². The molecule has 30 heavy (non-hydrogen) atoms. The van der Waals surface area contributed by atoms with Gasteiger partial charge in [-0.25, -0.2) is 4.79 Å². The highest BCUT2D eigenvalue weighted by Crippen LogP contribution is 2.45. The molecule has 0 atom stereocenters. The molecular formula is C26H29BrO3. The largest absolute Gasteiger partial charge is 0.462 e. The summed E-state index contributed by atoms with van der Waals surface area (Å²) >= 11 is 3.63. The minimum absolute atomic E-state index is 0.163. The average molecular weight is 469 g/mol. The van der Waals surface area contributed by atoms with Crippen LogP contribution < -0.4 is 0 Å². The van der Waals surface area contributed by atoms with Gasteiger partial charge in [0.15, 0.2) is 0 Å². The van der Waals surface area contributed by atoms with E-state index in [1.807, 2.05) is 32.1 Å². The molecule has 0 aliphatic heterocycles. The van der Waals surface area contributed by atoms with Crippen LogP contribution in [0, 0.1) is 0 Å². The molecule has 0 fully saturated rings. The van der Waals surface area contributed by atoms with Crippen molar-refractivity contribution >= 4 is 39.8 Å². The first-order chi connectivity index (χ1) is 14.1. The van der Waals surface area contributed by atoms with Crippen molar-refractivity contribution < 1.29 is 14.3 Å². The van der Waals surface area contributed by atoms with Gasteiger partial charge in [-0.3, -0.25) is 4.79 Å². The molecule has 0 saturated carbocycles. The smallest absolute Gasteiger partial charge is 0.338 e. The lowest BCUT2D eigenvalue weighted by Crippen LogP contribution is -2.42. The van der Waals surface area contributed by atoms with Crippen molar-refractivity contribution in [2.24, 2.45) is 0 Å². The molecule has 1 aliphatic rings. The third-order valence-electron chi connectivity index (χ3n) is 6.00. The normalized spacial score (nSPS) is 17.1. The Morgan fingerprint density at radius 3 is 2.33 bits per heavy atom. The maximum absolute atomic E-state index is 12.8. The van der Waals surface area contributed by atoms with Gasteiger partial charge in [-0.1, -0.05) is 66.2 Å².